The molecule has 1 saturated heterocycles. The van der Waals surface area contributed by atoms with E-state index in [1.807, 2.05) is 20.8 Å². The Hall–Kier alpha value is -4.09. The van der Waals surface area contributed by atoms with Crippen LogP contribution in [0.2, 0.25) is 0 Å². The number of amides is 4. The Balaban J connectivity index is 1.93. The fraction of sp³-hybridized carbons (Fsp3) is 0.581. The van der Waals surface area contributed by atoms with Crippen LogP contribution in [0.1, 0.15) is 72.3 Å². The van der Waals surface area contributed by atoms with Crippen LogP contribution >= 0.6 is 0 Å². The van der Waals surface area contributed by atoms with Crippen molar-refractivity contribution in [1.82, 2.24) is 25.4 Å². The third kappa shape index (κ3) is 8.05. The zero-order chi connectivity index (χ0) is 31.8. The van der Waals surface area contributed by atoms with Crippen LogP contribution in [0.4, 0.5) is 9.59 Å². The number of unbranched alkanes of at least 4 members (excludes halogenated alkanes) is 1. The van der Waals surface area contributed by atoms with Gasteiger partial charge in [-0.1, -0.05) is 51.8 Å². The highest BCUT2D eigenvalue weighted by molar-refractivity contribution is 5.95. The summed E-state index contributed by atoms with van der Waals surface area (Å²) in [6, 6.07) is 3.51. The number of ether oxygens (including phenoxy) is 1. The zero-order valence-corrected chi connectivity index (χ0v) is 25.9. The molecule has 1 fully saturated rings. The minimum Gasteiger partial charge on any atom is -0.480 e. The predicted molar refractivity (Wildman–Crippen MR) is 162 cm³/mol. The second kappa shape index (κ2) is 14.9. The number of nitrogens with one attached hydrogen (secondary N) is 3. The van der Waals surface area contributed by atoms with Crippen molar-refractivity contribution in [2.75, 3.05) is 7.11 Å². The van der Waals surface area contributed by atoms with Crippen LogP contribution in [-0.4, -0.2) is 81.8 Å². The molecule has 4 N–H and O–H groups in total. The highest BCUT2D eigenvalue weighted by Gasteiger charge is 2.36. The molecule has 12 heteroatoms. The Labute approximate surface area is 252 Å². The van der Waals surface area contributed by atoms with Crippen molar-refractivity contribution in [1.29, 1.82) is 0 Å². The molecule has 1 aliphatic heterocycles. The third-order valence-electron chi connectivity index (χ3n) is 8.10. The van der Waals surface area contributed by atoms with E-state index >= 15 is 0 Å². The molecular weight excluding hydrogens is 554 g/mol. The fourth-order valence-electron chi connectivity index (χ4n) is 5.63. The van der Waals surface area contributed by atoms with Gasteiger partial charge in [0.05, 0.1) is 12.6 Å². The van der Waals surface area contributed by atoms with Crippen LogP contribution in [0.3, 0.4) is 0 Å². The molecule has 5 unspecified atom stereocenters. The average molecular weight is 600 g/mol. The van der Waals surface area contributed by atoms with Crippen LogP contribution < -0.4 is 16.0 Å². The first-order valence-corrected chi connectivity index (χ1v) is 15.0. The molecule has 3 rings (SSSR count). The summed E-state index contributed by atoms with van der Waals surface area (Å²) in [5.41, 5.74) is 1.13. The summed E-state index contributed by atoms with van der Waals surface area (Å²) in [7, 11) is 1.26. The third-order valence-corrected chi connectivity index (χ3v) is 8.10. The van der Waals surface area contributed by atoms with Crippen LogP contribution in [0.5, 0.6) is 0 Å². The Bertz CT molecular complexity index is 1310. The van der Waals surface area contributed by atoms with E-state index in [4.69, 9.17) is 4.74 Å². The summed E-state index contributed by atoms with van der Waals surface area (Å²) < 4.78 is 6.23. The second-order valence-corrected chi connectivity index (χ2v) is 11.7. The monoisotopic (exact) mass is 599 g/mol. The molecule has 0 saturated carbocycles. The van der Waals surface area contributed by atoms with Gasteiger partial charge in [-0.15, -0.1) is 0 Å². The Morgan fingerprint density at radius 1 is 0.977 bits per heavy atom. The highest BCUT2D eigenvalue weighted by atomic mass is 16.5. The number of likely N-dealkylation sites (tertiary alicyclic amines) is 1. The number of nitrogens with zero attached hydrogens (tertiary/aromatic N) is 2. The number of aliphatic carboxylic acids is 1. The Morgan fingerprint density at radius 2 is 1.60 bits per heavy atom. The lowest BCUT2D eigenvalue weighted by molar-refractivity contribution is -0.142. The quantitative estimate of drug-likeness (QED) is 0.290. The summed E-state index contributed by atoms with van der Waals surface area (Å²) in [4.78, 5) is 66.6. The number of methoxy groups -OCH3 is 1. The lowest BCUT2D eigenvalue weighted by Crippen LogP contribution is -2.59. The lowest BCUT2D eigenvalue weighted by atomic mass is 10.00. The van der Waals surface area contributed by atoms with E-state index in [-0.39, 0.29) is 36.9 Å². The van der Waals surface area contributed by atoms with Crippen molar-refractivity contribution in [2.24, 2.45) is 5.92 Å². The van der Waals surface area contributed by atoms with E-state index in [0.717, 1.165) is 19.3 Å². The maximum absolute atomic E-state index is 13.7. The number of para-hydroxylation sites is 1. The van der Waals surface area contributed by atoms with Crippen LogP contribution in [-0.2, 0) is 25.5 Å². The first-order chi connectivity index (χ1) is 20.4. The van der Waals surface area contributed by atoms with Gasteiger partial charge in [-0.2, -0.15) is 0 Å². The second-order valence-electron chi connectivity index (χ2n) is 11.7. The van der Waals surface area contributed by atoms with Gasteiger partial charge in [-0.05, 0) is 50.7 Å². The molecule has 4 amide bonds. The molecule has 12 nitrogen and oxygen atoms in total. The van der Waals surface area contributed by atoms with Gasteiger partial charge in [-0.25, -0.2) is 14.4 Å². The summed E-state index contributed by atoms with van der Waals surface area (Å²) in [6.45, 7) is 9.45. The van der Waals surface area contributed by atoms with E-state index in [2.05, 4.69) is 16.0 Å². The van der Waals surface area contributed by atoms with Crippen LogP contribution in [0.15, 0.2) is 30.5 Å². The van der Waals surface area contributed by atoms with Gasteiger partial charge in [-0.3, -0.25) is 14.2 Å². The van der Waals surface area contributed by atoms with Gasteiger partial charge < -0.3 is 30.7 Å². The summed E-state index contributed by atoms with van der Waals surface area (Å²) >= 11 is 0. The van der Waals surface area contributed by atoms with E-state index < -0.39 is 42.0 Å². The summed E-state index contributed by atoms with van der Waals surface area (Å²) in [5.74, 6) is -2.73. The van der Waals surface area contributed by atoms with Gasteiger partial charge in [0.2, 0.25) is 11.8 Å². The van der Waals surface area contributed by atoms with Crippen molar-refractivity contribution in [3.8, 4) is 0 Å². The number of fused-ring (bicyclic) bond motifs is 1. The van der Waals surface area contributed by atoms with Gasteiger partial charge in [0, 0.05) is 30.1 Å². The number of rotatable bonds is 12. The number of hydrogen-bond donors (Lipinski definition) is 4. The fourth-order valence-corrected chi connectivity index (χ4v) is 5.63. The molecule has 1 aromatic heterocycles. The Morgan fingerprint density at radius 3 is 2.19 bits per heavy atom. The number of carboxylic acids is 1. The number of carbonyl (C=O) groups excluding carboxylic acids is 4. The first kappa shape index (κ1) is 33.4. The number of benzene rings is 1. The van der Waals surface area contributed by atoms with Gasteiger partial charge in [0.25, 0.3) is 0 Å². The molecule has 1 aliphatic rings. The van der Waals surface area contributed by atoms with Gasteiger partial charge in [0.15, 0.2) is 0 Å². The van der Waals surface area contributed by atoms with E-state index in [1.54, 1.807) is 49.2 Å². The SMILES string of the molecule is CCCCC(NC(=O)C(Cc1cn(C(=O)OC)c2ccccc12)NC(=O)C(NC(=O)N1C(C)CCC1C)C(C)C)C(=O)O. The van der Waals surface area contributed by atoms with Crippen molar-refractivity contribution in [3.05, 3.63) is 36.0 Å². The number of carbonyl (C=O) groups is 5. The maximum Gasteiger partial charge on any atom is 0.418 e. The van der Waals surface area contributed by atoms with E-state index in [9.17, 15) is 29.1 Å². The molecular formula is C31H45N5O7. The summed E-state index contributed by atoms with van der Waals surface area (Å²) in [6.07, 6.45) is 4.21. The van der Waals surface area contributed by atoms with Crippen molar-refractivity contribution < 1.29 is 33.8 Å². The zero-order valence-electron chi connectivity index (χ0n) is 25.9. The molecule has 0 aliphatic carbocycles. The normalized spacial score (nSPS) is 18.6. The smallest absolute Gasteiger partial charge is 0.418 e. The molecule has 0 bridgehead atoms. The molecule has 0 spiro atoms. The topological polar surface area (TPSA) is 159 Å². The molecule has 2 aromatic rings. The number of urea groups is 1. The Kier molecular flexibility index (Phi) is 11.6. The molecule has 0 radical (unpaired) electrons. The average Bonchev–Trinajstić information content (AvgIpc) is 3.51. The number of aromatic nitrogens is 1. The number of hydrogen-bond acceptors (Lipinski definition) is 6. The minimum atomic E-state index is -1.20. The lowest BCUT2D eigenvalue weighted by Gasteiger charge is -2.31. The van der Waals surface area contributed by atoms with Crippen molar-refractivity contribution >= 4 is 40.8 Å². The van der Waals surface area contributed by atoms with E-state index in [1.165, 1.54) is 11.7 Å². The summed E-state index contributed by atoms with van der Waals surface area (Å²) in [5, 5.41) is 18.6. The molecule has 2 heterocycles. The van der Waals surface area contributed by atoms with Crippen LogP contribution in [0.25, 0.3) is 10.9 Å². The predicted octanol–water partition coefficient (Wildman–Crippen LogP) is 3.65. The molecule has 1 aromatic carbocycles. The molecule has 236 valence electrons. The highest BCUT2D eigenvalue weighted by Crippen LogP contribution is 2.25. The minimum absolute atomic E-state index is 0.0348. The van der Waals surface area contributed by atoms with E-state index in [0.29, 0.717) is 22.9 Å². The first-order valence-electron chi connectivity index (χ1n) is 15.0. The largest absolute Gasteiger partial charge is 0.480 e. The van der Waals surface area contributed by atoms with Gasteiger partial charge in [0.1, 0.15) is 18.1 Å². The van der Waals surface area contributed by atoms with Crippen molar-refractivity contribution in [3.63, 3.8) is 0 Å². The van der Waals surface area contributed by atoms with Crippen LogP contribution in [0, 0.1) is 5.92 Å². The van der Waals surface area contributed by atoms with Crippen molar-refractivity contribution in [2.45, 2.75) is 103 Å². The molecule has 5 atom stereocenters. The number of carboxylic acid groups (broad SMARTS) is 1. The van der Waals surface area contributed by atoms with Gasteiger partial charge >= 0.3 is 18.1 Å². The maximum atomic E-state index is 13.7. The standard InChI is InChI=1S/C31H45N5O7/c1-7-8-12-23(29(39)40)32-27(37)24(16-21-17-35(31(42)43-6)25-13-10-9-11-22(21)25)33-28(38)26(18(2)3)34-30(41)36-19(4)14-15-20(36)5/h9-11,13,17-20,23-24,26H,7-8,12,14-16H2,1-6H3,(H,32,37)(H,33,38)(H,34,41)(H,39,40). The molecule has 43 heavy (non-hydrogen) atoms.